The van der Waals surface area contributed by atoms with Crippen molar-refractivity contribution in [2.45, 2.75) is 0 Å². The Balaban J connectivity index is 2.22. The lowest BCUT2D eigenvalue weighted by Gasteiger charge is -2.05. The highest BCUT2D eigenvalue weighted by molar-refractivity contribution is 9.10. The Morgan fingerprint density at radius 3 is 2.78 bits per heavy atom. The van der Waals surface area contributed by atoms with Crippen molar-refractivity contribution in [2.75, 3.05) is 23.4 Å². The van der Waals surface area contributed by atoms with E-state index in [0.717, 1.165) is 4.47 Å². The van der Waals surface area contributed by atoms with Gasteiger partial charge in [-0.05, 0) is 28.1 Å². The zero-order chi connectivity index (χ0) is 13.1. The Labute approximate surface area is 117 Å². The zero-order valence-corrected chi connectivity index (χ0v) is 11.9. The molecule has 0 aliphatic carbocycles. The molecule has 0 atom stereocenters. The fourth-order valence-electron chi connectivity index (χ4n) is 1.34. The lowest BCUT2D eigenvalue weighted by Crippen LogP contribution is -2.12. The second kappa shape index (κ2) is 5.36. The Hall–Kier alpha value is -1.60. The standard InChI is InChI=1S/C11H11BrN4OS/c1-14-11-16-9(13)8(18-11)10(17)15-7-5-3-2-4-6(7)12/h2-5H,13H2,1H3,(H,14,16)(H,15,17). The number of aromatic nitrogens is 1. The van der Waals surface area contributed by atoms with Crippen LogP contribution >= 0.6 is 27.3 Å². The number of halogens is 1. The summed E-state index contributed by atoms with van der Waals surface area (Å²) in [7, 11) is 1.73. The van der Waals surface area contributed by atoms with E-state index >= 15 is 0 Å². The predicted molar refractivity (Wildman–Crippen MR) is 78.2 cm³/mol. The largest absolute Gasteiger partial charge is 0.382 e. The smallest absolute Gasteiger partial charge is 0.269 e. The topological polar surface area (TPSA) is 80.0 Å². The predicted octanol–water partition coefficient (Wildman–Crippen LogP) is 2.78. The summed E-state index contributed by atoms with van der Waals surface area (Å²) in [4.78, 5) is 16.5. The molecule has 0 spiro atoms. The molecule has 2 rings (SSSR count). The number of carbonyl (C=O) groups is 1. The molecular formula is C11H11BrN4OS. The number of anilines is 3. The third-order valence-corrected chi connectivity index (χ3v) is 3.97. The minimum Gasteiger partial charge on any atom is -0.382 e. The van der Waals surface area contributed by atoms with E-state index in [0.29, 0.717) is 15.7 Å². The van der Waals surface area contributed by atoms with E-state index in [9.17, 15) is 4.79 Å². The number of hydrogen-bond donors (Lipinski definition) is 3. The van der Waals surface area contributed by atoms with E-state index in [1.54, 1.807) is 13.1 Å². The van der Waals surface area contributed by atoms with Gasteiger partial charge in [-0.25, -0.2) is 4.98 Å². The van der Waals surface area contributed by atoms with Crippen LogP contribution in [0.2, 0.25) is 0 Å². The number of amides is 1. The summed E-state index contributed by atoms with van der Waals surface area (Å²) < 4.78 is 0.815. The summed E-state index contributed by atoms with van der Waals surface area (Å²) in [6, 6.07) is 7.37. The molecule has 0 aliphatic rings. The van der Waals surface area contributed by atoms with Crippen LogP contribution in [0, 0.1) is 0 Å². The average molecular weight is 327 g/mol. The van der Waals surface area contributed by atoms with Crippen LogP contribution in [0.5, 0.6) is 0 Å². The molecular weight excluding hydrogens is 316 g/mol. The summed E-state index contributed by atoms with van der Waals surface area (Å²) in [5, 5.41) is 6.25. The van der Waals surface area contributed by atoms with Crippen molar-refractivity contribution < 1.29 is 4.79 Å². The molecule has 7 heteroatoms. The minimum absolute atomic E-state index is 0.230. The van der Waals surface area contributed by atoms with Gasteiger partial charge in [0.05, 0.1) is 5.69 Å². The van der Waals surface area contributed by atoms with Gasteiger partial charge in [0, 0.05) is 11.5 Å². The number of hydrogen-bond acceptors (Lipinski definition) is 5. The first-order valence-corrected chi connectivity index (χ1v) is 6.72. The van der Waals surface area contributed by atoms with E-state index in [1.165, 1.54) is 11.3 Å². The summed E-state index contributed by atoms with van der Waals surface area (Å²) in [6.45, 7) is 0. The van der Waals surface area contributed by atoms with Crippen LogP contribution in [0.1, 0.15) is 9.67 Å². The Morgan fingerprint density at radius 1 is 1.44 bits per heavy atom. The molecule has 0 saturated carbocycles. The molecule has 0 unspecified atom stereocenters. The summed E-state index contributed by atoms with van der Waals surface area (Å²) in [5.74, 6) is -0.0349. The maximum Gasteiger partial charge on any atom is 0.269 e. The van der Waals surface area contributed by atoms with Crippen LogP contribution in [-0.2, 0) is 0 Å². The Morgan fingerprint density at radius 2 is 2.17 bits per heavy atom. The van der Waals surface area contributed by atoms with Crippen molar-refractivity contribution in [3.05, 3.63) is 33.6 Å². The van der Waals surface area contributed by atoms with Crippen LogP contribution in [-0.4, -0.2) is 17.9 Å². The molecule has 0 aliphatic heterocycles. The van der Waals surface area contributed by atoms with Gasteiger partial charge in [-0.1, -0.05) is 23.5 Å². The molecule has 0 bridgehead atoms. The van der Waals surface area contributed by atoms with Gasteiger partial charge in [-0.3, -0.25) is 4.79 Å². The van der Waals surface area contributed by atoms with E-state index in [-0.39, 0.29) is 11.7 Å². The van der Waals surface area contributed by atoms with Crippen LogP contribution in [0.25, 0.3) is 0 Å². The average Bonchev–Trinajstić information content (AvgIpc) is 2.73. The van der Waals surface area contributed by atoms with E-state index in [2.05, 4.69) is 31.5 Å². The Bertz CT molecular complexity index is 584. The van der Waals surface area contributed by atoms with Crippen molar-refractivity contribution in [1.82, 2.24) is 4.98 Å². The molecule has 1 amide bonds. The maximum absolute atomic E-state index is 12.0. The van der Waals surface area contributed by atoms with Crippen molar-refractivity contribution in [3.8, 4) is 0 Å². The first kappa shape index (κ1) is 12.8. The number of benzene rings is 1. The first-order valence-electron chi connectivity index (χ1n) is 5.11. The molecule has 5 nitrogen and oxygen atoms in total. The van der Waals surface area contributed by atoms with Crippen molar-refractivity contribution >= 4 is 49.8 Å². The van der Waals surface area contributed by atoms with Gasteiger partial charge < -0.3 is 16.4 Å². The highest BCUT2D eigenvalue weighted by Gasteiger charge is 2.16. The van der Waals surface area contributed by atoms with Gasteiger partial charge in [0.15, 0.2) is 5.13 Å². The Kier molecular flexibility index (Phi) is 3.83. The number of carbonyl (C=O) groups excluding carboxylic acids is 1. The summed E-state index contributed by atoms with van der Waals surface area (Å²) in [5.41, 5.74) is 6.39. The van der Waals surface area contributed by atoms with Gasteiger partial charge in [-0.15, -0.1) is 0 Å². The minimum atomic E-state index is -0.265. The molecule has 2 aromatic rings. The number of thiazole rings is 1. The van der Waals surface area contributed by atoms with Gasteiger partial charge >= 0.3 is 0 Å². The fourth-order valence-corrected chi connectivity index (χ4v) is 2.46. The molecule has 0 saturated heterocycles. The molecule has 1 aromatic heterocycles. The number of nitrogens with zero attached hydrogens (tertiary/aromatic N) is 1. The van der Waals surface area contributed by atoms with Gasteiger partial charge in [-0.2, -0.15) is 0 Å². The molecule has 18 heavy (non-hydrogen) atoms. The normalized spacial score (nSPS) is 10.1. The molecule has 0 fully saturated rings. The number of para-hydroxylation sites is 1. The second-order valence-corrected chi connectivity index (χ2v) is 5.27. The monoisotopic (exact) mass is 326 g/mol. The van der Waals surface area contributed by atoms with Gasteiger partial charge in [0.1, 0.15) is 10.7 Å². The van der Waals surface area contributed by atoms with E-state index in [1.807, 2.05) is 18.2 Å². The van der Waals surface area contributed by atoms with Crippen molar-refractivity contribution in [2.24, 2.45) is 0 Å². The highest BCUT2D eigenvalue weighted by Crippen LogP contribution is 2.27. The summed E-state index contributed by atoms with van der Waals surface area (Å²) >= 11 is 4.58. The zero-order valence-electron chi connectivity index (χ0n) is 9.53. The number of nitrogen functional groups attached to an aromatic ring is 1. The molecule has 0 radical (unpaired) electrons. The third kappa shape index (κ3) is 2.62. The van der Waals surface area contributed by atoms with E-state index in [4.69, 9.17) is 5.73 Å². The van der Waals surface area contributed by atoms with Crippen LogP contribution in [0.15, 0.2) is 28.7 Å². The second-order valence-electron chi connectivity index (χ2n) is 3.42. The number of rotatable bonds is 3. The van der Waals surface area contributed by atoms with E-state index < -0.39 is 0 Å². The quantitative estimate of drug-likeness (QED) is 0.810. The molecule has 1 heterocycles. The van der Waals surface area contributed by atoms with Gasteiger partial charge in [0.2, 0.25) is 0 Å². The molecule has 1 aromatic carbocycles. The SMILES string of the molecule is CNc1nc(N)c(C(=O)Nc2ccccc2Br)s1. The third-order valence-electron chi connectivity index (χ3n) is 2.20. The number of nitrogens with one attached hydrogen (secondary N) is 2. The summed E-state index contributed by atoms with van der Waals surface area (Å²) in [6.07, 6.45) is 0. The van der Waals surface area contributed by atoms with Crippen molar-refractivity contribution in [1.29, 1.82) is 0 Å². The molecule has 4 N–H and O–H groups in total. The fraction of sp³-hybridized carbons (Fsp3) is 0.0909. The number of nitrogens with two attached hydrogens (primary N) is 1. The van der Waals surface area contributed by atoms with Gasteiger partial charge in [0.25, 0.3) is 5.91 Å². The first-order chi connectivity index (χ1) is 8.61. The van der Waals surface area contributed by atoms with Crippen LogP contribution < -0.4 is 16.4 Å². The van der Waals surface area contributed by atoms with Crippen LogP contribution in [0.4, 0.5) is 16.6 Å². The molecule has 94 valence electrons. The lowest BCUT2D eigenvalue weighted by atomic mass is 10.3. The lowest BCUT2D eigenvalue weighted by molar-refractivity contribution is 0.103. The highest BCUT2D eigenvalue weighted by atomic mass is 79.9. The van der Waals surface area contributed by atoms with Crippen molar-refractivity contribution in [3.63, 3.8) is 0 Å². The maximum atomic E-state index is 12.0. The van der Waals surface area contributed by atoms with Crippen LogP contribution in [0.3, 0.4) is 0 Å².